The Bertz CT molecular complexity index is 597. The summed E-state index contributed by atoms with van der Waals surface area (Å²) in [7, 11) is 1.78. The SMILES string of the molecule is CN=C(NCc1nc(C)c(C)s1)NC1CCCC(C(=O)NC(C)C)C1.I. The Morgan fingerprint density at radius 2 is 2.08 bits per heavy atom. The first-order valence-corrected chi connectivity index (χ1v) is 9.91. The number of hydrogen-bond donors (Lipinski definition) is 3. The van der Waals surface area contributed by atoms with Crippen molar-refractivity contribution in [1.82, 2.24) is 20.9 Å². The van der Waals surface area contributed by atoms with Crippen LogP contribution >= 0.6 is 35.3 Å². The molecular weight excluding hydrogens is 461 g/mol. The smallest absolute Gasteiger partial charge is 0.223 e. The van der Waals surface area contributed by atoms with Crippen molar-refractivity contribution < 1.29 is 4.79 Å². The Morgan fingerprint density at radius 3 is 2.65 bits per heavy atom. The number of amides is 1. The molecular formula is C18H32IN5OS. The first-order chi connectivity index (χ1) is 11.9. The van der Waals surface area contributed by atoms with Crippen LogP contribution in [0, 0.1) is 19.8 Å². The fraction of sp³-hybridized carbons (Fsp3) is 0.722. The van der Waals surface area contributed by atoms with Gasteiger partial charge in [-0.1, -0.05) is 6.42 Å². The van der Waals surface area contributed by atoms with Crippen molar-refractivity contribution in [2.75, 3.05) is 7.05 Å². The Labute approximate surface area is 178 Å². The van der Waals surface area contributed by atoms with Crippen LogP contribution in [-0.2, 0) is 11.3 Å². The second-order valence-electron chi connectivity index (χ2n) is 7.04. The van der Waals surface area contributed by atoms with Crippen molar-refractivity contribution in [3.63, 3.8) is 0 Å². The largest absolute Gasteiger partial charge is 0.354 e. The van der Waals surface area contributed by atoms with Crippen LogP contribution in [-0.4, -0.2) is 36.0 Å². The number of rotatable bonds is 5. The maximum atomic E-state index is 12.3. The van der Waals surface area contributed by atoms with E-state index >= 15 is 0 Å². The minimum Gasteiger partial charge on any atom is -0.354 e. The fourth-order valence-corrected chi connectivity index (χ4v) is 4.00. The fourth-order valence-electron chi connectivity index (χ4n) is 3.12. The third-order valence-corrected chi connectivity index (χ3v) is 5.59. The first kappa shape index (κ1) is 23.1. The number of nitrogens with zero attached hydrogens (tertiary/aromatic N) is 2. The van der Waals surface area contributed by atoms with Gasteiger partial charge in [-0.2, -0.15) is 0 Å². The maximum Gasteiger partial charge on any atom is 0.223 e. The number of aryl methyl sites for hydroxylation is 2. The highest BCUT2D eigenvalue weighted by atomic mass is 127. The van der Waals surface area contributed by atoms with Crippen LogP contribution in [0.4, 0.5) is 0 Å². The Hall–Kier alpha value is -0.900. The number of thiazole rings is 1. The molecule has 1 aromatic rings. The molecule has 6 nitrogen and oxygen atoms in total. The molecule has 148 valence electrons. The van der Waals surface area contributed by atoms with Crippen LogP contribution in [0.25, 0.3) is 0 Å². The van der Waals surface area contributed by atoms with Gasteiger partial charge in [-0.05, 0) is 47.0 Å². The molecule has 1 aliphatic rings. The van der Waals surface area contributed by atoms with Crippen LogP contribution < -0.4 is 16.0 Å². The number of aliphatic imine (C=N–C) groups is 1. The molecule has 8 heteroatoms. The lowest BCUT2D eigenvalue weighted by Gasteiger charge is -2.30. The molecule has 0 aliphatic heterocycles. The first-order valence-electron chi connectivity index (χ1n) is 9.09. The van der Waals surface area contributed by atoms with Gasteiger partial charge < -0.3 is 16.0 Å². The van der Waals surface area contributed by atoms with Crippen molar-refractivity contribution in [3.8, 4) is 0 Å². The Kier molecular flexibility index (Phi) is 9.84. The standard InChI is InChI=1S/C18H31N5OS.HI/c1-11(2)21-17(24)14-7-6-8-15(9-14)23-18(19-5)20-10-16-22-12(3)13(4)25-16;/h11,14-15H,6-10H2,1-5H3,(H,21,24)(H2,19,20,23);1H. The van der Waals surface area contributed by atoms with E-state index in [0.29, 0.717) is 6.54 Å². The molecule has 0 radical (unpaired) electrons. The molecule has 1 aromatic heterocycles. The van der Waals surface area contributed by atoms with Gasteiger partial charge in [0.05, 0.1) is 12.2 Å². The number of hydrogen-bond acceptors (Lipinski definition) is 4. The van der Waals surface area contributed by atoms with E-state index in [1.165, 1.54) is 4.88 Å². The van der Waals surface area contributed by atoms with Crippen LogP contribution in [0.5, 0.6) is 0 Å². The minimum atomic E-state index is 0. The molecule has 1 amide bonds. The molecule has 2 atom stereocenters. The van der Waals surface area contributed by atoms with Gasteiger partial charge in [0, 0.05) is 29.9 Å². The van der Waals surface area contributed by atoms with Gasteiger partial charge in [-0.15, -0.1) is 35.3 Å². The Morgan fingerprint density at radius 1 is 1.35 bits per heavy atom. The summed E-state index contributed by atoms with van der Waals surface area (Å²) in [5, 5.41) is 10.9. The summed E-state index contributed by atoms with van der Waals surface area (Å²) >= 11 is 1.71. The summed E-state index contributed by atoms with van der Waals surface area (Å²) in [5.41, 5.74) is 1.09. The van der Waals surface area contributed by atoms with E-state index in [1.807, 2.05) is 20.8 Å². The molecule has 2 unspecified atom stereocenters. The number of nitrogens with one attached hydrogen (secondary N) is 3. The minimum absolute atomic E-state index is 0. The van der Waals surface area contributed by atoms with Gasteiger partial charge in [-0.3, -0.25) is 9.79 Å². The summed E-state index contributed by atoms with van der Waals surface area (Å²) in [6.45, 7) is 8.80. The zero-order valence-electron chi connectivity index (χ0n) is 16.4. The van der Waals surface area contributed by atoms with Crippen LogP contribution in [0.15, 0.2) is 4.99 Å². The molecule has 0 spiro atoms. The second-order valence-corrected chi connectivity index (χ2v) is 8.33. The van der Waals surface area contributed by atoms with E-state index in [1.54, 1.807) is 18.4 Å². The van der Waals surface area contributed by atoms with Gasteiger partial charge in [0.25, 0.3) is 0 Å². The molecule has 0 aromatic carbocycles. The van der Waals surface area contributed by atoms with Crippen LogP contribution in [0.2, 0.25) is 0 Å². The normalized spacial score (nSPS) is 20.5. The van der Waals surface area contributed by atoms with Crippen molar-refractivity contribution in [2.24, 2.45) is 10.9 Å². The van der Waals surface area contributed by atoms with Gasteiger partial charge >= 0.3 is 0 Å². The number of halogens is 1. The van der Waals surface area contributed by atoms with Gasteiger partial charge in [0.1, 0.15) is 5.01 Å². The molecule has 0 saturated heterocycles. The van der Waals surface area contributed by atoms with Crippen LogP contribution in [0.3, 0.4) is 0 Å². The molecule has 1 heterocycles. The van der Waals surface area contributed by atoms with Gasteiger partial charge in [-0.25, -0.2) is 4.98 Å². The van der Waals surface area contributed by atoms with Crippen molar-refractivity contribution >= 4 is 47.2 Å². The molecule has 0 bridgehead atoms. The number of aromatic nitrogens is 1. The molecule has 1 fully saturated rings. The molecule has 3 N–H and O–H groups in total. The van der Waals surface area contributed by atoms with Crippen molar-refractivity contribution in [2.45, 2.75) is 72.0 Å². The van der Waals surface area contributed by atoms with E-state index in [2.05, 4.69) is 32.9 Å². The van der Waals surface area contributed by atoms with Gasteiger partial charge in [0.15, 0.2) is 5.96 Å². The predicted molar refractivity (Wildman–Crippen MR) is 119 cm³/mol. The van der Waals surface area contributed by atoms with Crippen LogP contribution in [0.1, 0.15) is 55.1 Å². The van der Waals surface area contributed by atoms with Gasteiger partial charge in [0.2, 0.25) is 5.91 Å². The zero-order valence-corrected chi connectivity index (χ0v) is 19.5. The number of carbonyl (C=O) groups is 1. The van der Waals surface area contributed by atoms with Crippen molar-refractivity contribution in [1.29, 1.82) is 0 Å². The highest BCUT2D eigenvalue weighted by Crippen LogP contribution is 2.24. The van der Waals surface area contributed by atoms with E-state index in [9.17, 15) is 4.79 Å². The average Bonchev–Trinajstić information content (AvgIpc) is 2.89. The molecule has 2 rings (SSSR count). The second kappa shape index (κ2) is 11.1. The summed E-state index contributed by atoms with van der Waals surface area (Å²) in [6.07, 6.45) is 3.96. The predicted octanol–water partition coefficient (Wildman–Crippen LogP) is 3.13. The monoisotopic (exact) mass is 493 g/mol. The lowest BCUT2D eigenvalue weighted by Crippen LogP contribution is -2.47. The maximum absolute atomic E-state index is 12.3. The highest BCUT2D eigenvalue weighted by molar-refractivity contribution is 14.0. The molecule has 26 heavy (non-hydrogen) atoms. The summed E-state index contributed by atoms with van der Waals surface area (Å²) in [4.78, 5) is 22.4. The third kappa shape index (κ3) is 7.02. The molecule has 1 saturated carbocycles. The van der Waals surface area contributed by atoms with E-state index < -0.39 is 0 Å². The van der Waals surface area contributed by atoms with E-state index in [-0.39, 0.29) is 47.9 Å². The quantitative estimate of drug-likeness (QED) is 0.335. The highest BCUT2D eigenvalue weighted by Gasteiger charge is 2.28. The zero-order chi connectivity index (χ0) is 18.4. The molecule has 1 aliphatic carbocycles. The third-order valence-electron chi connectivity index (χ3n) is 4.52. The summed E-state index contributed by atoms with van der Waals surface area (Å²) in [5.74, 6) is 1.05. The lowest BCUT2D eigenvalue weighted by molar-refractivity contribution is -0.126. The lowest BCUT2D eigenvalue weighted by atomic mass is 9.85. The van der Waals surface area contributed by atoms with E-state index in [0.717, 1.165) is 42.3 Å². The number of carbonyl (C=O) groups excluding carboxylic acids is 1. The average molecular weight is 493 g/mol. The van der Waals surface area contributed by atoms with E-state index in [4.69, 9.17) is 0 Å². The van der Waals surface area contributed by atoms with Crippen molar-refractivity contribution in [3.05, 3.63) is 15.6 Å². The topological polar surface area (TPSA) is 78.4 Å². The number of guanidine groups is 1. The summed E-state index contributed by atoms with van der Waals surface area (Å²) in [6, 6.07) is 0.475. The Balaban J connectivity index is 0.00000338. The summed E-state index contributed by atoms with van der Waals surface area (Å²) < 4.78 is 0.